The van der Waals surface area contributed by atoms with Gasteiger partial charge in [0.25, 0.3) is 5.91 Å². The zero-order valence-corrected chi connectivity index (χ0v) is 17.5. The van der Waals surface area contributed by atoms with Gasteiger partial charge in [-0.3, -0.25) is 9.48 Å². The lowest BCUT2D eigenvalue weighted by Crippen LogP contribution is -2.42. The van der Waals surface area contributed by atoms with Crippen LogP contribution >= 0.6 is 0 Å². The molecule has 166 valence electrons. The van der Waals surface area contributed by atoms with Crippen LogP contribution in [0.4, 0.5) is 8.78 Å². The largest absolute Gasteiger partial charge is 0.485 e. The van der Waals surface area contributed by atoms with E-state index in [2.05, 4.69) is 5.10 Å². The topological polar surface area (TPSA) is 73.7 Å². The summed E-state index contributed by atoms with van der Waals surface area (Å²) in [5.41, 5.74) is 1.38. The van der Waals surface area contributed by atoms with E-state index < -0.39 is 29.8 Å². The average molecular weight is 441 g/mol. The van der Waals surface area contributed by atoms with Crippen molar-refractivity contribution in [3.05, 3.63) is 71.9 Å². The highest BCUT2D eigenvalue weighted by Crippen LogP contribution is 2.28. The van der Waals surface area contributed by atoms with Crippen LogP contribution in [0.5, 0.6) is 5.75 Å². The maximum absolute atomic E-state index is 14.0. The summed E-state index contributed by atoms with van der Waals surface area (Å²) in [6, 6.07) is 12.4. The highest BCUT2D eigenvalue weighted by atomic mass is 19.1. The van der Waals surface area contributed by atoms with Crippen molar-refractivity contribution in [3.63, 3.8) is 0 Å². The number of likely N-dealkylation sites (tertiary alicyclic amines) is 1. The number of benzene rings is 2. The van der Waals surface area contributed by atoms with Gasteiger partial charge in [0, 0.05) is 19.0 Å². The molecule has 1 amide bonds. The van der Waals surface area contributed by atoms with E-state index in [9.17, 15) is 18.4 Å². The molecule has 2 aromatic carbocycles. The van der Waals surface area contributed by atoms with Crippen LogP contribution in [0.15, 0.2) is 54.6 Å². The number of halogens is 2. The fourth-order valence-electron chi connectivity index (χ4n) is 3.76. The minimum absolute atomic E-state index is 0.0505. The molecular formula is C23H21F2N3O4. The third-order valence-electron chi connectivity index (χ3n) is 5.37. The highest BCUT2D eigenvalue weighted by Gasteiger charge is 2.42. The molecule has 0 radical (unpaired) electrons. The van der Waals surface area contributed by atoms with E-state index in [0.717, 1.165) is 0 Å². The van der Waals surface area contributed by atoms with Crippen molar-refractivity contribution in [2.24, 2.45) is 7.05 Å². The Bertz CT molecular complexity index is 1150. The molecule has 1 aromatic heterocycles. The summed E-state index contributed by atoms with van der Waals surface area (Å²) in [6.07, 6.45) is -0.431. The number of aromatic nitrogens is 2. The van der Waals surface area contributed by atoms with Crippen LogP contribution in [-0.2, 0) is 16.6 Å². The van der Waals surface area contributed by atoms with Crippen LogP contribution in [-0.4, -0.2) is 52.4 Å². The molecule has 1 aliphatic rings. The van der Waals surface area contributed by atoms with E-state index in [0.29, 0.717) is 11.3 Å². The van der Waals surface area contributed by atoms with Crippen molar-refractivity contribution in [3.8, 4) is 17.0 Å². The van der Waals surface area contributed by atoms with Crippen molar-refractivity contribution in [1.29, 1.82) is 0 Å². The first-order valence-electron chi connectivity index (χ1n) is 9.97. The summed E-state index contributed by atoms with van der Waals surface area (Å²) in [7, 11) is 2.85. The van der Waals surface area contributed by atoms with Gasteiger partial charge in [-0.2, -0.15) is 5.10 Å². The first kappa shape index (κ1) is 21.5. The van der Waals surface area contributed by atoms with Crippen LogP contribution < -0.4 is 4.74 Å². The van der Waals surface area contributed by atoms with Gasteiger partial charge < -0.3 is 14.4 Å². The summed E-state index contributed by atoms with van der Waals surface area (Å²) >= 11 is 0. The smallest absolute Gasteiger partial charge is 0.328 e. The summed E-state index contributed by atoms with van der Waals surface area (Å²) in [5, 5.41) is 4.34. The summed E-state index contributed by atoms with van der Waals surface area (Å²) in [6.45, 7) is 0.0734. The van der Waals surface area contributed by atoms with Gasteiger partial charge >= 0.3 is 5.97 Å². The molecule has 9 heteroatoms. The minimum Gasteiger partial charge on any atom is -0.485 e. The van der Waals surface area contributed by atoms with Gasteiger partial charge in [-0.05, 0) is 42.5 Å². The fourth-order valence-corrected chi connectivity index (χ4v) is 3.76. The number of rotatable bonds is 5. The van der Waals surface area contributed by atoms with Crippen LogP contribution in [0, 0.1) is 11.6 Å². The van der Waals surface area contributed by atoms with E-state index in [4.69, 9.17) is 9.47 Å². The van der Waals surface area contributed by atoms with Gasteiger partial charge in [0.1, 0.15) is 23.7 Å². The molecule has 7 nitrogen and oxygen atoms in total. The normalized spacial score (nSPS) is 17.9. The van der Waals surface area contributed by atoms with Gasteiger partial charge in [-0.15, -0.1) is 0 Å². The van der Waals surface area contributed by atoms with Crippen molar-refractivity contribution < 1.29 is 27.8 Å². The van der Waals surface area contributed by atoms with Crippen molar-refractivity contribution in [2.45, 2.75) is 18.6 Å². The number of carbonyl (C=O) groups is 2. The second kappa shape index (κ2) is 8.78. The Morgan fingerprint density at radius 2 is 1.81 bits per heavy atom. The third kappa shape index (κ3) is 4.18. The molecule has 0 spiro atoms. The van der Waals surface area contributed by atoms with Gasteiger partial charge in [0.15, 0.2) is 11.6 Å². The lowest BCUT2D eigenvalue weighted by atomic mass is 10.1. The Balaban J connectivity index is 1.59. The quantitative estimate of drug-likeness (QED) is 0.569. The Kier molecular flexibility index (Phi) is 5.89. The SMILES string of the molecule is COC(=O)[C@H]1C[C@H](Oc2ccccc2F)CN1C(=O)c1cc(-c2ccc(F)cc2)nn1C. The average Bonchev–Trinajstić information content (AvgIpc) is 3.39. The number of aryl methyl sites for hydroxylation is 1. The second-order valence-corrected chi connectivity index (χ2v) is 7.45. The van der Waals surface area contributed by atoms with Crippen molar-refractivity contribution in [2.75, 3.05) is 13.7 Å². The molecule has 1 saturated heterocycles. The lowest BCUT2D eigenvalue weighted by molar-refractivity contribution is -0.145. The number of methoxy groups -OCH3 is 1. The molecule has 0 aliphatic carbocycles. The molecule has 2 atom stereocenters. The molecule has 0 bridgehead atoms. The number of hydrogen-bond acceptors (Lipinski definition) is 5. The molecule has 1 fully saturated rings. The molecule has 4 rings (SSSR count). The zero-order chi connectivity index (χ0) is 22.8. The maximum atomic E-state index is 14.0. The lowest BCUT2D eigenvalue weighted by Gasteiger charge is -2.22. The standard InChI is InChI=1S/C23H21F2N3O4/c1-27-19(12-18(26-27)14-7-9-15(24)10-8-14)22(29)28-13-16(11-20(28)23(30)31-2)32-21-6-4-3-5-17(21)25/h3-10,12,16,20H,11,13H2,1-2H3/t16-,20+/m0/s1. The monoisotopic (exact) mass is 441 g/mol. The van der Waals surface area contributed by atoms with Crippen LogP contribution in [0.25, 0.3) is 11.3 Å². The first-order chi connectivity index (χ1) is 15.4. The molecule has 1 aliphatic heterocycles. The number of ether oxygens (including phenoxy) is 2. The molecule has 0 saturated carbocycles. The zero-order valence-electron chi connectivity index (χ0n) is 17.5. The summed E-state index contributed by atoms with van der Waals surface area (Å²) < 4.78 is 39.2. The van der Waals surface area contributed by atoms with E-state index in [-0.39, 0.29) is 30.2 Å². The number of hydrogen-bond donors (Lipinski definition) is 0. The van der Waals surface area contributed by atoms with E-state index in [1.54, 1.807) is 37.4 Å². The van der Waals surface area contributed by atoms with Crippen LogP contribution in [0.3, 0.4) is 0 Å². The maximum Gasteiger partial charge on any atom is 0.328 e. The molecule has 3 aromatic rings. The predicted molar refractivity (Wildman–Crippen MR) is 111 cm³/mol. The van der Waals surface area contributed by atoms with Crippen molar-refractivity contribution >= 4 is 11.9 Å². The Labute approximate surface area is 183 Å². The molecule has 2 heterocycles. The molecule has 0 N–H and O–H groups in total. The molecule has 32 heavy (non-hydrogen) atoms. The predicted octanol–water partition coefficient (Wildman–Crippen LogP) is 3.20. The number of para-hydroxylation sites is 1. The van der Waals surface area contributed by atoms with Crippen LogP contribution in [0.2, 0.25) is 0 Å². The highest BCUT2D eigenvalue weighted by molar-refractivity contribution is 5.96. The number of amides is 1. The van der Waals surface area contributed by atoms with Gasteiger partial charge in [0.05, 0.1) is 19.3 Å². The van der Waals surface area contributed by atoms with Gasteiger partial charge in [-0.25, -0.2) is 13.6 Å². The van der Waals surface area contributed by atoms with Crippen molar-refractivity contribution in [1.82, 2.24) is 14.7 Å². The molecule has 0 unspecified atom stereocenters. The number of carbonyl (C=O) groups excluding carboxylic acids is 2. The Morgan fingerprint density at radius 1 is 1.09 bits per heavy atom. The molecular weight excluding hydrogens is 420 g/mol. The fraction of sp³-hybridized carbons (Fsp3) is 0.261. The summed E-state index contributed by atoms with van der Waals surface area (Å²) in [5.74, 6) is -1.88. The Hall–Kier alpha value is -3.75. The second-order valence-electron chi connectivity index (χ2n) is 7.45. The summed E-state index contributed by atoms with van der Waals surface area (Å²) in [4.78, 5) is 27.0. The van der Waals surface area contributed by atoms with E-state index >= 15 is 0 Å². The number of esters is 1. The third-order valence-corrected chi connectivity index (χ3v) is 5.37. The first-order valence-corrected chi connectivity index (χ1v) is 9.97. The van der Waals surface area contributed by atoms with E-state index in [1.807, 2.05) is 0 Å². The van der Waals surface area contributed by atoms with E-state index in [1.165, 1.54) is 41.0 Å². The van der Waals surface area contributed by atoms with Crippen LogP contribution in [0.1, 0.15) is 16.9 Å². The van der Waals surface area contributed by atoms with Gasteiger partial charge in [0.2, 0.25) is 0 Å². The van der Waals surface area contributed by atoms with Gasteiger partial charge in [-0.1, -0.05) is 12.1 Å². The minimum atomic E-state index is -0.881. The number of nitrogens with zero attached hydrogens (tertiary/aromatic N) is 3. The Morgan fingerprint density at radius 3 is 2.50 bits per heavy atom.